The number of rotatable bonds is 6. The van der Waals surface area contributed by atoms with Gasteiger partial charge in [-0.05, 0) is 25.5 Å². The third-order valence-electron chi connectivity index (χ3n) is 6.08. The monoisotopic (exact) mass is 424 g/mol. The summed E-state index contributed by atoms with van der Waals surface area (Å²) in [6, 6.07) is 10.0. The standard InChI is InChI=1S/C22H32N8O/c1-23-20-25-21(27-22(26-20)30-14-12-28(2)13-15-30)29-10-8-18(9-11-29)19(31)24-16-17-6-4-3-5-7-17/h3-7,18H,8-16H2,1-2H3,(H,24,31)(H,23,25,26,27). The molecule has 1 amide bonds. The Morgan fingerprint density at radius 1 is 0.935 bits per heavy atom. The Labute approximate surface area is 183 Å². The van der Waals surface area contributed by atoms with E-state index < -0.39 is 0 Å². The molecule has 2 aliphatic heterocycles. The van der Waals surface area contributed by atoms with E-state index >= 15 is 0 Å². The Morgan fingerprint density at radius 3 is 2.16 bits per heavy atom. The van der Waals surface area contributed by atoms with Crippen LogP contribution in [0, 0.1) is 5.92 Å². The molecule has 2 fully saturated rings. The molecule has 31 heavy (non-hydrogen) atoms. The first-order valence-corrected chi connectivity index (χ1v) is 11.1. The average Bonchev–Trinajstić information content (AvgIpc) is 2.83. The predicted molar refractivity (Wildman–Crippen MR) is 122 cm³/mol. The molecule has 9 nitrogen and oxygen atoms in total. The number of nitrogens with zero attached hydrogens (tertiary/aromatic N) is 6. The predicted octanol–water partition coefficient (Wildman–Crippen LogP) is 1.20. The highest BCUT2D eigenvalue weighted by molar-refractivity contribution is 5.79. The number of nitrogens with one attached hydrogen (secondary N) is 2. The van der Waals surface area contributed by atoms with E-state index in [0.29, 0.717) is 18.4 Å². The Hall–Kier alpha value is -2.94. The number of likely N-dealkylation sites (N-methyl/N-ethyl adjacent to an activating group) is 1. The number of benzene rings is 1. The third kappa shape index (κ3) is 5.41. The molecule has 9 heteroatoms. The van der Waals surface area contributed by atoms with Crippen LogP contribution >= 0.6 is 0 Å². The van der Waals surface area contributed by atoms with Crippen LogP contribution in [0.2, 0.25) is 0 Å². The molecule has 0 radical (unpaired) electrons. The van der Waals surface area contributed by atoms with Crippen molar-refractivity contribution in [3.8, 4) is 0 Å². The van der Waals surface area contributed by atoms with Crippen molar-refractivity contribution in [3.05, 3.63) is 35.9 Å². The van der Waals surface area contributed by atoms with Crippen molar-refractivity contribution in [2.75, 3.05) is 68.5 Å². The van der Waals surface area contributed by atoms with E-state index in [1.54, 1.807) is 0 Å². The molecule has 2 aromatic rings. The zero-order chi connectivity index (χ0) is 21.6. The van der Waals surface area contributed by atoms with Crippen molar-refractivity contribution >= 4 is 23.8 Å². The Bertz CT molecular complexity index is 861. The van der Waals surface area contributed by atoms with Gasteiger partial charge in [-0.3, -0.25) is 4.79 Å². The van der Waals surface area contributed by atoms with Gasteiger partial charge >= 0.3 is 0 Å². The summed E-state index contributed by atoms with van der Waals surface area (Å²) in [7, 11) is 3.96. The summed E-state index contributed by atoms with van der Waals surface area (Å²) in [6.45, 7) is 5.92. The van der Waals surface area contributed by atoms with Crippen molar-refractivity contribution in [1.29, 1.82) is 0 Å². The number of piperazine rings is 1. The van der Waals surface area contributed by atoms with E-state index in [1.165, 1.54) is 0 Å². The summed E-state index contributed by atoms with van der Waals surface area (Å²) in [5, 5.41) is 6.14. The highest BCUT2D eigenvalue weighted by atomic mass is 16.1. The van der Waals surface area contributed by atoms with Crippen LogP contribution in [0.5, 0.6) is 0 Å². The number of aromatic nitrogens is 3. The van der Waals surface area contributed by atoms with Crippen LogP contribution in [0.15, 0.2) is 30.3 Å². The number of piperidine rings is 1. The van der Waals surface area contributed by atoms with Crippen molar-refractivity contribution in [2.45, 2.75) is 19.4 Å². The summed E-state index contributed by atoms with van der Waals surface area (Å²) in [5.41, 5.74) is 1.12. The molecule has 0 unspecified atom stereocenters. The molecule has 0 atom stereocenters. The van der Waals surface area contributed by atoms with E-state index in [2.05, 4.69) is 42.3 Å². The van der Waals surface area contributed by atoms with Crippen molar-refractivity contribution in [3.63, 3.8) is 0 Å². The van der Waals surface area contributed by atoms with Crippen LogP contribution in [0.4, 0.5) is 17.8 Å². The maximum Gasteiger partial charge on any atom is 0.232 e. The first-order valence-electron chi connectivity index (χ1n) is 11.1. The molecular weight excluding hydrogens is 392 g/mol. The molecule has 0 aliphatic carbocycles. The molecule has 1 aromatic heterocycles. The van der Waals surface area contributed by atoms with Gasteiger partial charge < -0.3 is 25.3 Å². The van der Waals surface area contributed by atoms with Gasteiger partial charge in [-0.1, -0.05) is 30.3 Å². The highest BCUT2D eigenvalue weighted by Crippen LogP contribution is 2.24. The fourth-order valence-electron chi connectivity index (χ4n) is 4.03. The first kappa shape index (κ1) is 21.3. The van der Waals surface area contributed by atoms with Crippen LogP contribution < -0.4 is 20.4 Å². The molecule has 166 valence electrons. The smallest absolute Gasteiger partial charge is 0.232 e. The van der Waals surface area contributed by atoms with E-state index in [4.69, 9.17) is 4.98 Å². The average molecular weight is 425 g/mol. The van der Waals surface area contributed by atoms with Gasteiger partial charge in [0.2, 0.25) is 23.8 Å². The van der Waals surface area contributed by atoms with Gasteiger partial charge in [0, 0.05) is 58.8 Å². The zero-order valence-electron chi connectivity index (χ0n) is 18.4. The molecule has 0 saturated carbocycles. The Kier molecular flexibility index (Phi) is 6.81. The normalized spacial score (nSPS) is 18.1. The zero-order valence-corrected chi connectivity index (χ0v) is 18.4. The minimum Gasteiger partial charge on any atom is -0.357 e. The van der Waals surface area contributed by atoms with Crippen LogP contribution in [0.1, 0.15) is 18.4 Å². The Balaban J connectivity index is 1.35. The molecule has 4 rings (SSSR count). The summed E-state index contributed by atoms with van der Waals surface area (Å²) in [6.07, 6.45) is 1.59. The molecular formula is C22H32N8O. The first-order chi connectivity index (χ1) is 15.1. The summed E-state index contributed by atoms with van der Waals surface area (Å²) >= 11 is 0. The number of carbonyl (C=O) groups is 1. The van der Waals surface area contributed by atoms with Crippen molar-refractivity contribution in [2.24, 2.45) is 5.92 Å². The number of hydrogen-bond donors (Lipinski definition) is 2. The third-order valence-corrected chi connectivity index (χ3v) is 6.08. The molecule has 3 heterocycles. The molecule has 0 spiro atoms. The maximum atomic E-state index is 12.6. The van der Waals surface area contributed by atoms with Crippen LogP contribution in [0.3, 0.4) is 0 Å². The van der Waals surface area contributed by atoms with Crippen molar-refractivity contribution < 1.29 is 4.79 Å². The molecule has 2 N–H and O–H groups in total. The highest BCUT2D eigenvalue weighted by Gasteiger charge is 2.27. The Morgan fingerprint density at radius 2 is 1.55 bits per heavy atom. The van der Waals surface area contributed by atoms with Gasteiger partial charge in [0.15, 0.2) is 0 Å². The summed E-state index contributed by atoms with van der Waals surface area (Å²) in [5.74, 6) is 2.17. The quantitative estimate of drug-likeness (QED) is 0.715. The minimum atomic E-state index is 0.0303. The topological polar surface area (TPSA) is 89.5 Å². The number of anilines is 3. The van der Waals surface area contributed by atoms with E-state index in [-0.39, 0.29) is 11.8 Å². The fraction of sp³-hybridized carbons (Fsp3) is 0.545. The van der Waals surface area contributed by atoms with Crippen LogP contribution in [-0.2, 0) is 11.3 Å². The van der Waals surface area contributed by atoms with Gasteiger partial charge in [0.25, 0.3) is 0 Å². The SMILES string of the molecule is CNc1nc(N2CCC(C(=O)NCc3ccccc3)CC2)nc(N2CCN(C)CC2)n1. The largest absolute Gasteiger partial charge is 0.357 e. The number of amides is 1. The van der Waals surface area contributed by atoms with E-state index in [0.717, 1.165) is 63.6 Å². The lowest BCUT2D eigenvalue weighted by molar-refractivity contribution is -0.125. The van der Waals surface area contributed by atoms with Gasteiger partial charge in [0.1, 0.15) is 0 Å². The van der Waals surface area contributed by atoms with Gasteiger partial charge in [-0.25, -0.2) is 0 Å². The molecule has 2 aliphatic rings. The fourth-order valence-corrected chi connectivity index (χ4v) is 4.03. The lowest BCUT2D eigenvalue weighted by Gasteiger charge is -2.34. The van der Waals surface area contributed by atoms with Gasteiger partial charge in [0.05, 0.1) is 0 Å². The van der Waals surface area contributed by atoms with Crippen LogP contribution in [-0.4, -0.2) is 79.1 Å². The van der Waals surface area contributed by atoms with Gasteiger partial charge in [-0.2, -0.15) is 15.0 Å². The molecule has 1 aromatic carbocycles. The van der Waals surface area contributed by atoms with Gasteiger partial charge in [-0.15, -0.1) is 0 Å². The van der Waals surface area contributed by atoms with E-state index in [9.17, 15) is 4.79 Å². The minimum absolute atomic E-state index is 0.0303. The van der Waals surface area contributed by atoms with Crippen LogP contribution in [0.25, 0.3) is 0 Å². The maximum absolute atomic E-state index is 12.6. The van der Waals surface area contributed by atoms with E-state index in [1.807, 2.05) is 37.4 Å². The second-order valence-corrected chi connectivity index (χ2v) is 8.26. The second kappa shape index (κ2) is 9.91. The summed E-state index contributed by atoms with van der Waals surface area (Å²) < 4.78 is 0. The summed E-state index contributed by atoms with van der Waals surface area (Å²) in [4.78, 5) is 33.2. The molecule has 0 bridgehead atoms. The molecule has 2 saturated heterocycles. The van der Waals surface area contributed by atoms with Crippen molar-refractivity contribution in [1.82, 2.24) is 25.2 Å². The number of hydrogen-bond acceptors (Lipinski definition) is 8. The lowest BCUT2D eigenvalue weighted by Crippen LogP contribution is -2.45. The lowest BCUT2D eigenvalue weighted by atomic mass is 9.96. The number of carbonyl (C=O) groups excluding carboxylic acids is 1. The second-order valence-electron chi connectivity index (χ2n) is 8.26.